The molecule has 0 radical (unpaired) electrons. The lowest BCUT2D eigenvalue weighted by Gasteiger charge is -2.16. The van der Waals surface area contributed by atoms with E-state index in [1.807, 2.05) is 38.1 Å². The molecule has 0 atom stereocenters. The molecule has 0 heterocycles. The second kappa shape index (κ2) is 7.42. The molecule has 1 amide bonds. The third-order valence-corrected chi connectivity index (χ3v) is 2.90. The van der Waals surface area contributed by atoms with Crippen LogP contribution < -0.4 is 4.74 Å². The topological polar surface area (TPSA) is 53.3 Å². The molecule has 0 aliphatic rings. The van der Waals surface area contributed by atoms with Gasteiger partial charge in [0, 0.05) is 13.6 Å². The molecule has 1 rings (SSSR count). The normalized spacial score (nSPS) is 9.79. The first kappa shape index (κ1) is 15.0. The van der Waals surface area contributed by atoms with Crippen molar-refractivity contribution in [1.29, 1.82) is 5.26 Å². The number of carbonyl (C=O) groups is 1. The van der Waals surface area contributed by atoms with Crippen LogP contribution in [0.4, 0.5) is 0 Å². The summed E-state index contributed by atoms with van der Waals surface area (Å²) >= 11 is 0. The van der Waals surface area contributed by atoms with Crippen LogP contribution in [0.1, 0.15) is 24.0 Å². The van der Waals surface area contributed by atoms with Gasteiger partial charge in [-0.2, -0.15) is 5.26 Å². The molecule has 0 saturated carbocycles. The highest BCUT2D eigenvalue weighted by Gasteiger charge is 2.08. The van der Waals surface area contributed by atoms with E-state index in [1.54, 1.807) is 11.9 Å². The van der Waals surface area contributed by atoms with Gasteiger partial charge in [0.2, 0.25) is 5.91 Å². The number of hydrogen-bond acceptors (Lipinski definition) is 3. The summed E-state index contributed by atoms with van der Waals surface area (Å²) in [7, 11) is 1.71. The van der Waals surface area contributed by atoms with Crippen LogP contribution in [-0.2, 0) is 4.79 Å². The number of nitriles is 1. The van der Waals surface area contributed by atoms with Gasteiger partial charge in [-0.3, -0.25) is 4.79 Å². The molecule has 4 nitrogen and oxygen atoms in total. The average Bonchev–Trinajstić information content (AvgIpc) is 2.39. The predicted octanol–water partition coefficient (Wildman–Crippen LogP) is 2.44. The third-order valence-electron chi connectivity index (χ3n) is 2.90. The Morgan fingerprint density at radius 3 is 2.84 bits per heavy atom. The van der Waals surface area contributed by atoms with E-state index in [0.29, 0.717) is 26.0 Å². The predicted molar refractivity (Wildman–Crippen MR) is 73.9 cm³/mol. The van der Waals surface area contributed by atoms with Gasteiger partial charge in [-0.15, -0.1) is 0 Å². The zero-order valence-electron chi connectivity index (χ0n) is 11.8. The number of hydrogen-bond donors (Lipinski definition) is 0. The third kappa shape index (κ3) is 5.01. The first-order valence-corrected chi connectivity index (χ1v) is 6.35. The highest BCUT2D eigenvalue weighted by Crippen LogP contribution is 2.19. The van der Waals surface area contributed by atoms with E-state index in [-0.39, 0.29) is 5.91 Å². The van der Waals surface area contributed by atoms with Gasteiger partial charge in [0.25, 0.3) is 0 Å². The van der Waals surface area contributed by atoms with Crippen molar-refractivity contribution < 1.29 is 9.53 Å². The fraction of sp³-hybridized carbons (Fsp3) is 0.467. The molecule has 0 N–H and O–H groups in total. The largest absolute Gasteiger partial charge is 0.493 e. The van der Waals surface area contributed by atoms with Crippen LogP contribution in [0.2, 0.25) is 0 Å². The van der Waals surface area contributed by atoms with E-state index >= 15 is 0 Å². The second-order valence-electron chi connectivity index (χ2n) is 4.59. The van der Waals surface area contributed by atoms with Crippen LogP contribution in [0.5, 0.6) is 5.75 Å². The number of carbonyl (C=O) groups excluding carboxylic acids is 1. The lowest BCUT2D eigenvalue weighted by atomic mass is 10.1. The van der Waals surface area contributed by atoms with Crippen LogP contribution >= 0.6 is 0 Å². The summed E-state index contributed by atoms with van der Waals surface area (Å²) in [6.07, 6.45) is 0.690. The highest BCUT2D eigenvalue weighted by atomic mass is 16.5. The standard InChI is InChI=1S/C15H20N2O2/c1-12-5-6-13(2)14(11-12)19-10-7-15(18)17(3)9-4-8-16/h5-6,11H,4,7,9-10H2,1-3H3. The van der Waals surface area contributed by atoms with Crippen molar-refractivity contribution in [3.05, 3.63) is 29.3 Å². The van der Waals surface area contributed by atoms with Gasteiger partial charge in [0.05, 0.1) is 25.5 Å². The molecule has 0 unspecified atom stereocenters. The van der Waals surface area contributed by atoms with Crippen LogP contribution in [-0.4, -0.2) is 31.0 Å². The molecule has 0 aromatic heterocycles. The summed E-state index contributed by atoms with van der Waals surface area (Å²) < 4.78 is 5.63. The van der Waals surface area contributed by atoms with Gasteiger partial charge in [0.15, 0.2) is 0 Å². The second-order valence-corrected chi connectivity index (χ2v) is 4.59. The molecule has 0 spiro atoms. The Balaban J connectivity index is 2.40. The van der Waals surface area contributed by atoms with E-state index in [1.165, 1.54) is 0 Å². The van der Waals surface area contributed by atoms with Crippen molar-refractivity contribution >= 4 is 5.91 Å². The Hall–Kier alpha value is -2.02. The maximum atomic E-state index is 11.7. The zero-order valence-corrected chi connectivity index (χ0v) is 11.8. The van der Waals surface area contributed by atoms with Crippen molar-refractivity contribution in [3.63, 3.8) is 0 Å². The first-order chi connectivity index (χ1) is 9.04. The zero-order chi connectivity index (χ0) is 14.3. The van der Waals surface area contributed by atoms with Crippen molar-refractivity contribution in [1.82, 2.24) is 4.90 Å². The number of ether oxygens (including phenoxy) is 1. The monoisotopic (exact) mass is 260 g/mol. The quantitative estimate of drug-likeness (QED) is 0.789. The number of rotatable bonds is 6. The van der Waals surface area contributed by atoms with Crippen LogP contribution in [0.25, 0.3) is 0 Å². The average molecular weight is 260 g/mol. The van der Waals surface area contributed by atoms with E-state index in [9.17, 15) is 4.79 Å². The summed E-state index contributed by atoms with van der Waals surface area (Å²) in [5, 5.41) is 8.47. The fourth-order valence-electron chi connectivity index (χ4n) is 1.64. The molecule has 1 aromatic rings. The Morgan fingerprint density at radius 2 is 2.16 bits per heavy atom. The van der Waals surface area contributed by atoms with E-state index in [0.717, 1.165) is 16.9 Å². The summed E-state index contributed by atoms with van der Waals surface area (Å²) in [4.78, 5) is 13.3. The van der Waals surface area contributed by atoms with Gasteiger partial charge < -0.3 is 9.64 Å². The molecule has 0 aliphatic heterocycles. The Morgan fingerprint density at radius 1 is 1.42 bits per heavy atom. The SMILES string of the molecule is Cc1ccc(C)c(OCCC(=O)N(C)CCC#N)c1. The molecule has 19 heavy (non-hydrogen) atoms. The van der Waals surface area contributed by atoms with Crippen molar-refractivity contribution in [2.24, 2.45) is 0 Å². The fourth-order valence-corrected chi connectivity index (χ4v) is 1.64. The van der Waals surface area contributed by atoms with E-state index in [4.69, 9.17) is 10.00 Å². The van der Waals surface area contributed by atoms with Gasteiger partial charge in [-0.25, -0.2) is 0 Å². The molecule has 102 valence electrons. The van der Waals surface area contributed by atoms with Gasteiger partial charge in [0.1, 0.15) is 5.75 Å². The lowest BCUT2D eigenvalue weighted by molar-refractivity contribution is -0.130. The summed E-state index contributed by atoms with van der Waals surface area (Å²) in [5.41, 5.74) is 2.20. The summed E-state index contributed by atoms with van der Waals surface area (Å²) in [6, 6.07) is 8.03. The van der Waals surface area contributed by atoms with Crippen LogP contribution in [0.15, 0.2) is 18.2 Å². The molecular formula is C15H20N2O2. The molecule has 0 saturated heterocycles. The van der Waals surface area contributed by atoms with Gasteiger partial charge in [-0.1, -0.05) is 12.1 Å². The summed E-state index contributed by atoms with van der Waals surface area (Å²) in [6.45, 7) is 4.82. The van der Waals surface area contributed by atoms with Crippen molar-refractivity contribution in [3.8, 4) is 11.8 Å². The summed E-state index contributed by atoms with van der Waals surface area (Å²) in [5.74, 6) is 0.827. The molecule has 0 fully saturated rings. The Bertz CT molecular complexity index is 478. The molecule has 0 bridgehead atoms. The minimum Gasteiger partial charge on any atom is -0.493 e. The smallest absolute Gasteiger partial charge is 0.225 e. The van der Waals surface area contributed by atoms with E-state index < -0.39 is 0 Å². The molecule has 0 aliphatic carbocycles. The van der Waals surface area contributed by atoms with Crippen LogP contribution in [0.3, 0.4) is 0 Å². The van der Waals surface area contributed by atoms with Crippen molar-refractivity contribution in [2.45, 2.75) is 26.7 Å². The molecule has 4 heteroatoms. The number of aryl methyl sites for hydroxylation is 2. The maximum Gasteiger partial charge on any atom is 0.225 e. The van der Waals surface area contributed by atoms with E-state index in [2.05, 4.69) is 0 Å². The number of benzene rings is 1. The van der Waals surface area contributed by atoms with Gasteiger partial charge >= 0.3 is 0 Å². The minimum atomic E-state index is 0.000515. The number of amides is 1. The van der Waals surface area contributed by atoms with Gasteiger partial charge in [-0.05, 0) is 31.0 Å². The number of nitrogens with zero attached hydrogens (tertiary/aromatic N) is 2. The van der Waals surface area contributed by atoms with Crippen LogP contribution in [0, 0.1) is 25.2 Å². The van der Waals surface area contributed by atoms with Crippen molar-refractivity contribution in [2.75, 3.05) is 20.2 Å². The lowest BCUT2D eigenvalue weighted by Crippen LogP contribution is -2.28. The maximum absolute atomic E-state index is 11.7. The highest BCUT2D eigenvalue weighted by molar-refractivity contribution is 5.76. The Labute approximate surface area is 114 Å². The Kier molecular flexibility index (Phi) is 5.87. The molecular weight excluding hydrogens is 240 g/mol. The minimum absolute atomic E-state index is 0.000515. The molecule has 1 aromatic carbocycles. The first-order valence-electron chi connectivity index (χ1n) is 6.35.